The average Bonchev–Trinajstić information content (AvgIpc) is 3.81. The predicted molar refractivity (Wildman–Crippen MR) is 198 cm³/mol. The number of likely N-dealkylation sites (tertiary alicyclic amines) is 2. The second-order valence-electron chi connectivity index (χ2n) is 13.9. The number of halogens is 6. The number of hydrogen-bond donors (Lipinski definition) is 3. The summed E-state index contributed by atoms with van der Waals surface area (Å²) in [5.41, 5.74) is -3.27. The van der Waals surface area contributed by atoms with E-state index in [9.17, 15) is 51.4 Å². The second kappa shape index (κ2) is 16.8. The van der Waals surface area contributed by atoms with Crippen molar-refractivity contribution in [2.75, 3.05) is 38.6 Å². The molecule has 0 unspecified atom stereocenters. The topological polar surface area (TPSA) is 139 Å². The number of nitriles is 1. The third-order valence-corrected chi connectivity index (χ3v) is 10.0. The Morgan fingerprint density at radius 3 is 2.25 bits per heavy atom. The molecule has 4 aromatic rings. The third kappa shape index (κ3) is 9.45. The molecule has 0 saturated carbocycles. The van der Waals surface area contributed by atoms with Crippen molar-refractivity contribution >= 4 is 29.7 Å². The molecule has 16 heteroatoms. The number of nitrogens with one attached hydrogen (secondary N) is 1. The quantitative estimate of drug-likeness (QED) is 0.104. The number of ether oxygens (including phenoxy) is 1. The molecule has 3 N–H and O–H groups in total. The van der Waals surface area contributed by atoms with E-state index >= 15 is 0 Å². The summed E-state index contributed by atoms with van der Waals surface area (Å²) in [4.78, 5) is 32.4. The van der Waals surface area contributed by atoms with Gasteiger partial charge in [0.15, 0.2) is 0 Å². The molecule has 10 nitrogen and oxygen atoms in total. The number of carboxylic acid groups (broad SMARTS) is 1. The van der Waals surface area contributed by atoms with Crippen molar-refractivity contribution in [2.24, 2.45) is 5.92 Å². The molecular weight excluding hydrogens is 756 g/mol. The summed E-state index contributed by atoms with van der Waals surface area (Å²) in [5.74, 6) is -2.42. The SMILES string of the molecule is COc1cc(/C=C/c2cccc(-c3cccc(NC(=O)c4ccc(CN5CC[C@@H](O)C5)cn4)c3C(F)(F)F)c2C#N)c(C(F)(F)F)cc1CN1CC[C@@H](C(=O)O)C1. The van der Waals surface area contributed by atoms with Crippen LogP contribution in [0.5, 0.6) is 5.75 Å². The number of alkyl halides is 6. The Balaban J connectivity index is 1.30. The van der Waals surface area contributed by atoms with Crippen LogP contribution in [-0.2, 0) is 30.2 Å². The molecule has 0 aliphatic carbocycles. The maximum atomic E-state index is 14.8. The van der Waals surface area contributed by atoms with E-state index in [1.54, 1.807) is 11.0 Å². The van der Waals surface area contributed by atoms with Gasteiger partial charge in [-0.05, 0) is 65.9 Å². The molecule has 57 heavy (non-hydrogen) atoms. The van der Waals surface area contributed by atoms with Gasteiger partial charge in [-0.2, -0.15) is 31.6 Å². The summed E-state index contributed by atoms with van der Waals surface area (Å²) < 4.78 is 93.2. The highest BCUT2D eigenvalue weighted by atomic mass is 19.4. The van der Waals surface area contributed by atoms with Gasteiger partial charge < -0.3 is 20.3 Å². The van der Waals surface area contributed by atoms with Crippen LogP contribution in [0.4, 0.5) is 32.0 Å². The summed E-state index contributed by atoms with van der Waals surface area (Å²) in [5, 5.41) is 31.6. The summed E-state index contributed by atoms with van der Waals surface area (Å²) in [7, 11) is 1.28. The first-order valence-electron chi connectivity index (χ1n) is 17.9. The van der Waals surface area contributed by atoms with Crippen LogP contribution in [0.25, 0.3) is 23.3 Å². The first-order chi connectivity index (χ1) is 27.0. The van der Waals surface area contributed by atoms with Crippen molar-refractivity contribution in [3.8, 4) is 22.9 Å². The van der Waals surface area contributed by atoms with Crippen molar-refractivity contribution in [1.29, 1.82) is 5.26 Å². The third-order valence-electron chi connectivity index (χ3n) is 10.0. The highest BCUT2D eigenvalue weighted by molar-refractivity contribution is 6.04. The van der Waals surface area contributed by atoms with Crippen LogP contribution in [0.2, 0.25) is 0 Å². The van der Waals surface area contributed by atoms with Crippen LogP contribution in [0, 0.1) is 17.2 Å². The summed E-state index contributed by atoms with van der Waals surface area (Å²) in [6, 6.07) is 14.5. The highest BCUT2D eigenvalue weighted by Gasteiger charge is 2.38. The molecule has 3 aromatic carbocycles. The van der Waals surface area contributed by atoms with E-state index in [4.69, 9.17) is 4.74 Å². The summed E-state index contributed by atoms with van der Waals surface area (Å²) in [6.45, 7) is 2.20. The van der Waals surface area contributed by atoms with Crippen LogP contribution in [-0.4, -0.2) is 76.3 Å². The number of methoxy groups -OCH3 is 1. The Hall–Kier alpha value is -5.76. The van der Waals surface area contributed by atoms with E-state index in [1.165, 1.54) is 55.8 Å². The van der Waals surface area contributed by atoms with Crippen molar-refractivity contribution in [1.82, 2.24) is 14.8 Å². The number of carbonyl (C=O) groups is 2. The van der Waals surface area contributed by atoms with E-state index in [0.717, 1.165) is 29.8 Å². The van der Waals surface area contributed by atoms with Gasteiger partial charge >= 0.3 is 18.3 Å². The molecule has 2 aliphatic heterocycles. The number of amides is 1. The fourth-order valence-corrected chi connectivity index (χ4v) is 7.23. The fraction of sp³-hybridized carbons (Fsp3) is 0.317. The first kappa shape index (κ1) is 40.9. The van der Waals surface area contributed by atoms with Crippen LogP contribution in [0.1, 0.15) is 62.3 Å². The van der Waals surface area contributed by atoms with Gasteiger partial charge in [0.05, 0.1) is 41.5 Å². The number of benzene rings is 3. The number of aliphatic carboxylic acids is 1. The van der Waals surface area contributed by atoms with E-state index in [1.807, 2.05) is 11.0 Å². The Morgan fingerprint density at radius 1 is 0.930 bits per heavy atom. The number of pyridine rings is 1. The van der Waals surface area contributed by atoms with Gasteiger partial charge in [0.25, 0.3) is 5.91 Å². The maximum Gasteiger partial charge on any atom is 0.419 e. The fourth-order valence-electron chi connectivity index (χ4n) is 7.23. The Bertz CT molecular complexity index is 2220. The lowest BCUT2D eigenvalue weighted by Gasteiger charge is -2.20. The minimum atomic E-state index is -5.03. The van der Waals surface area contributed by atoms with Crippen LogP contribution in [0.15, 0.2) is 66.9 Å². The molecule has 0 spiro atoms. The molecule has 2 aliphatic rings. The molecule has 2 saturated heterocycles. The molecule has 298 valence electrons. The van der Waals surface area contributed by atoms with Crippen molar-refractivity contribution in [3.63, 3.8) is 0 Å². The molecule has 2 fully saturated rings. The number of anilines is 1. The van der Waals surface area contributed by atoms with Gasteiger partial charge in [-0.1, -0.05) is 48.6 Å². The molecule has 1 amide bonds. The van der Waals surface area contributed by atoms with Gasteiger partial charge in [-0.3, -0.25) is 24.4 Å². The second-order valence-corrected chi connectivity index (χ2v) is 13.9. The van der Waals surface area contributed by atoms with Gasteiger partial charge in [-0.25, -0.2) is 0 Å². The monoisotopic (exact) mass is 793 g/mol. The average molecular weight is 794 g/mol. The molecule has 0 bridgehead atoms. The number of β-amino-alcohol motifs (C(OH)–C–C–N with tert-alkyl or cyclic N) is 1. The lowest BCUT2D eigenvalue weighted by atomic mass is 9.91. The summed E-state index contributed by atoms with van der Waals surface area (Å²) >= 11 is 0. The number of aliphatic hydroxyl groups is 1. The maximum absolute atomic E-state index is 14.8. The van der Waals surface area contributed by atoms with Gasteiger partial charge in [-0.15, -0.1) is 0 Å². The van der Waals surface area contributed by atoms with Crippen LogP contribution >= 0.6 is 0 Å². The van der Waals surface area contributed by atoms with E-state index < -0.39 is 58.6 Å². The standard InChI is InChI=1S/C41H37F6N5O5/c1-57-36-17-26(33(40(42,43)44)16-28(36)22-52-14-12-27(21-52)39(55)56)10-9-25-4-2-5-30(32(25)18-48)31-6-3-7-34(37(31)41(45,46)47)50-38(54)35-11-8-24(19-49-35)20-51-15-13-29(53)23-51/h2-11,16-17,19,27,29,53H,12-15,20-23H2,1H3,(H,50,54)(H,55,56)/b10-9+/t27-,29-/m1/s1. The minimum Gasteiger partial charge on any atom is -0.496 e. The smallest absolute Gasteiger partial charge is 0.419 e. The number of carboxylic acids is 1. The van der Waals surface area contributed by atoms with Crippen LogP contribution < -0.4 is 10.1 Å². The van der Waals surface area contributed by atoms with Crippen molar-refractivity contribution in [2.45, 2.75) is 44.4 Å². The zero-order valence-electron chi connectivity index (χ0n) is 30.5. The van der Waals surface area contributed by atoms with Gasteiger partial charge in [0.1, 0.15) is 17.5 Å². The Labute approximate surface area is 323 Å². The largest absolute Gasteiger partial charge is 0.496 e. The van der Waals surface area contributed by atoms with Crippen molar-refractivity contribution < 1.29 is 50.9 Å². The molecule has 2 atom stereocenters. The van der Waals surface area contributed by atoms with E-state index in [0.29, 0.717) is 39.0 Å². The van der Waals surface area contributed by atoms with Crippen molar-refractivity contribution in [3.05, 3.63) is 111 Å². The first-order valence-corrected chi connectivity index (χ1v) is 17.9. The molecular formula is C41H37F6N5O5. The Morgan fingerprint density at radius 2 is 1.63 bits per heavy atom. The number of aliphatic hydroxyl groups excluding tert-OH is 1. The Kier molecular flexibility index (Phi) is 12.0. The highest BCUT2D eigenvalue weighted by Crippen LogP contribution is 2.44. The van der Waals surface area contributed by atoms with Gasteiger partial charge in [0.2, 0.25) is 0 Å². The molecule has 3 heterocycles. The number of nitrogens with zero attached hydrogens (tertiary/aromatic N) is 4. The zero-order valence-corrected chi connectivity index (χ0v) is 30.5. The normalized spacial score (nSPS) is 17.9. The van der Waals surface area contributed by atoms with E-state index in [-0.39, 0.29) is 52.4 Å². The lowest BCUT2D eigenvalue weighted by molar-refractivity contribution is -0.141. The summed E-state index contributed by atoms with van der Waals surface area (Å²) in [6.07, 6.45) is -5.56. The lowest BCUT2D eigenvalue weighted by Crippen LogP contribution is -2.23. The molecule has 6 rings (SSSR count). The number of hydrogen-bond acceptors (Lipinski definition) is 8. The number of rotatable bonds is 11. The predicted octanol–water partition coefficient (Wildman–Crippen LogP) is 7.56. The number of carbonyl (C=O) groups excluding carboxylic acids is 1. The number of aromatic nitrogens is 1. The molecule has 0 radical (unpaired) electrons. The zero-order chi connectivity index (χ0) is 41.1. The minimum absolute atomic E-state index is 0.00972. The van der Waals surface area contributed by atoms with Crippen LogP contribution in [0.3, 0.4) is 0 Å². The van der Waals surface area contributed by atoms with E-state index in [2.05, 4.69) is 10.3 Å². The van der Waals surface area contributed by atoms with Gasteiger partial charge in [0, 0.05) is 50.0 Å². The molecule has 1 aromatic heterocycles.